The maximum Gasteiger partial charge on any atom is 0.407 e. The molecule has 0 spiro atoms. The van der Waals surface area contributed by atoms with E-state index < -0.39 is 24.0 Å². The number of nitrogens with one attached hydrogen (secondary N) is 1. The van der Waals surface area contributed by atoms with Crippen LogP contribution in [0.15, 0.2) is 48.5 Å². The molecule has 2 unspecified atom stereocenters. The summed E-state index contributed by atoms with van der Waals surface area (Å²) in [5.74, 6) is -1.82. The second-order valence-corrected chi connectivity index (χ2v) is 8.69. The van der Waals surface area contributed by atoms with Crippen molar-refractivity contribution >= 4 is 18.0 Å². The lowest BCUT2D eigenvalue weighted by atomic mass is 9.87. The van der Waals surface area contributed by atoms with Gasteiger partial charge in [0.1, 0.15) is 12.6 Å². The van der Waals surface area contributed by atoms with E-state index >= 15 is 0 Å². The molecule has 0 aromatic heterocycles. The minimum absolute atomic E-state index is 0.0157. The maximum atomic E-state index is 12.8. The highest BCUT2D eigenvalue weighted by molar-refractivity contribution is 5.86. The monoisotopic (exact) mass is 436 g/mol. The molecular weight excluding hydrogens is 408 g/mol. The molecule has 3 atom stereocenters. The quantitative estimate of drug-likeness (QED) is 0.748. The Balaban J connectivity index is 1.35. The zero-order chi connectivity index (χ0) is 22.8. The molecule has 0 bridgehead atoms. The van der Waals surface area contributed by atoms with Gasteiger partial charge in [0.2, 0.25) is 5.91 Å². The summed E-state index contributed by atoms with van der Waals surface area (Å²) in [6.45, 7) is 4.30. The number of hydrogen-bond donors (Lipinski definition) is 2. The summed E-state index contributed by atoms with van der Waals surface area (Å²) >= 11 is 0. The van der Waals surface area contributed by atoms with Gasteiger partial charge < -0.3 is 20.1 Å². The predicted octanol–water partition coefficient (Wildman–Crippen LogP) is 3.48. The lowest BCUT2D eigenvalue weighted by Crippen LogP contribution is -2.52. The summed E-state index contributed by atoms with van der Waals surface area (Å²) in [5, 5.41) is 12.0. The van der Waals surface area contributed by atoms with Crippen LogP contribution in [-0.4, -0.2) is 53.7 Å². The van der Waals surface area contributed by atoms with Gasteiger partial charge in [-0.15, -0.1) is 0 Å². The number of carbonyl (C=O) groups excluding carboxylic acids is 2. The van der Waals surface area contributed by atoms with E-state index in [2.05, 4.69) is 17.4 Å². The number of amides is 2. The largest absolute Gasteiger partial charge is 0.481 e. The number of alkyl carbamates (subject to hydrolysis) is 1. The van der Waals surface area contributed by atoms with Crippen molar-refractivity contribution in [1.29, 1.82) is 0 Å². The highest BCUT2D eigenvalue weighted by atomic mass is 16.5. The summed E-state index contributed by atoms with van der Waals surface area (Å²) in [6, 6.07) is 15.4. The van der Waals surface area contributed by atoms with E-state index in [1.807, 2.05) is 43.3 Å². The zero-order valence-electron chi connectivity index (χ0n) is 18.3. The van der Waals surface area contributed by atoms with E-state index in [0.717, 1.165) is 22.3 Å². The van der Waals surface area contributed by atoms with Crippen LogP contribution in [0.3, 0.4) is 0 Å². The summed E-state index contributed by atoms with van der Waals surface area (Å²) < 4.78 is 5.51. The fraction of sp³-hybridized carbons (Fsp3) is 0.400. The van der Waals surface area contributed by atoms with Gasteiger partial charge in [-0.2, -0.15) is 0 Å². The highest BCUT2D eigenvalue weighted by Gasteiger charge is 2.35. The maximum absolute atomic E-state index is 12.8. The van der Waals surface area contributed by atoms with Crippen LogP contribution in [0.5, 0.6) is 0 Å². The molecule has 0 saturated carbocycles. The molecule has 4 rings (SSSR count). The Kier molecular flexibility index (Phi) is 6.17. The third-order valence-electron chi connectivity index (χ3n) is 6.64. The molecule has 2 amide bonds. The zero-order valence-corrected chi connectivity index (χ0v) is 18.3. The molecule has 32 heavy (non-hydrogen) atoms. The SMILES string of the molecule is CC1CCN(C(=O)[C@H](C)NC(=O)OCC2c3ccccc3-c3ccccc32)CC1C(=O)O. The van der Waals surface area contributed by atoms with Crippen LogP contribution in [0.2, 0.25) is 0 Å². The number of carbonyl (C=O) groups is 3. The number of aliphatic carboxylic acids is 1. The summed E-state index contributed by atoms with van der Waals surface area (Å²) in [4.78, 5) is 38.2. The molecule has 2 aromatic rings. The molecular formula is C25H28N2O5. The lowest BCUT2D eigenvalue weighted by Gasteiger charge is -2.36. The molecule has 2 N–H and O–H groups in total. The summed E-state index contributed by atoms with van der Waals surface area (Å²) in [7, 11) is 0. The van der Waals surface area contributed by atoms with Crippen LogP contribution in [0, 0.1) is 11.8 Å². The second kappa shape index (κ2) is 9.02. The molecule has 2 aromatic carbocycles. The van der Waals surface area contributed by atoms with Crippen LogP contribution in [-0.2, 0) is 14.3 Å². The number of rotatable bonds is 5. The summed E-state index contributed by atoms with van der Waals surface area (Å²) in [5.41, 5.74) is 4.53. The van der Waals surface area contributed by atoms with Crippen molar-refractivity contribution < 1.29 is 24.2 Å². The van der Waals surface area contributed by atoms with Crippen molar-refractivity contribution in [1.82, 2.24) is 10.2 Å². The van der Waals surface area contributed by atoms with Crippen molar-refractivity contribution in [2.24, 2.45) is 11.8 Å². The smallest absolute Gasteiger partial charge is 0.407 e. The fourth-order valence-electron chi connectivity index (χ4n) is 4.74. The molecule has 2 aliphatic rings. The number of ether oxygens (including phenoxy) is 1. The first-order chi connectivity index (χ1) is 15.4. The Labute approximate surface area is 187 Å². The summed E-state index contributed by atoms with van der Waals surface area (Å²) in [6.07, 6.45) is -0.0340. The molecule has 1 aliphatic heterocycles. The van der Waals surface area contributed by atoms with E-state index in [9.17, 15) is 19.5 Å². The van der Waals surface area contributed by atoms with Crippen molar-refractivity contribution in [3.05, 3.63) is 59.7 Å². The molecule has 168 valence electrons. The van der Waals surface area contributed by atoms with Gasteiger partial charge in [0.15, 0.2) is 0 Å². The van der Waals surface area contributed by atoms with Crippen molar-refractivity contribution in [3.8, 4) is 11.1 Å². The minimum Gasteiger partial charge on any atom is -0.481 e. The van der Waals surface area contributed by atoms with Crippen LogP contribution >= 0.6 is 0 Å². The van der Waals surface area contributed by atoms with E-state index in [0.29, 0.717) is 13.0 Å². The molecule has 1 aliphatic carbocycles. The van der Waals surface area contributed by atoms with E-state index in [1.54, 1.807) is 6.92 Å². The van der Waals surface area contributed by atoms with Gasteiger partial charge in [0.25, 0.3) is 0 Å². The van der Waals surface area contributed by atoms with Gasteiger partial charge in [-0.3, -0.25) is 9.59 Å². The number of benzene rings is 2. The average molecular weight is 437 g/mol. The number of carboxylic acid groups (broad SMARTS) is 1. The minimum atomic E-state index is -0.896. The normalized spacial score (nSPS) is 20.8. The number of nitrogens with zero attached hydrogens (tertiary/aromatic N) is 1. The third kappa shape index (κ3) is 4.20. The van der Waals surface area contributed by atoms with Crippen molar-refractivity contribution in [3.63, 3.8) is 0 Å². The Morgan fingerprint density at radius 2 is 1.69 bits per heavy atom. The number of likely N-dealkylation sites (tertiary alicyclic amines) is 1. The fourth-order valence-corrected chi connectivity index (χ4v) is 4.74. The average Bonchev–Trinajstić information content (AvgIpc) is 3.11. The Hall–Kier alpha value is -3.35. The van der Waals surface area contributed by atoms with Crippen LogP contribution in [0.4, 0.5) is 4.79 Å². The second-order valence-electron chi connectivity index (χ2n) is 8.69. The van der Waals surface area contributed by atoms with E-state index in [1.165, 1.54) is 4.90 Å². The van der Waals surface area contributed by atoms with Gasteiger partial charge in [0.05, 0.1) is 5.92 Å². The standard InChI is InChI=1S/C25H28N2O5/c1-15-11-12-27(13-21(15)24(29)30)23(28)16(2)26-25(31)32-14-22-19-9-5-3-7-17(19)18-8-4-6-10-20(18)22/h3-10,15-16,21-22H,11-14H2,1-2H3,(H,26,31)(H,29,30)/t15?,16-,21?/m0/s1. The third-order valence-corrected chi connectivity index (χ3v) is 6.64. The first-order valence-corrected chi connectivity index (χ1v) is 11.0. The van der Waals surface area contributed by atoms with Gasteiger partial charge in [0, 0.05) is 19.0 Å². The molecule has 1 fully saturated rings. The molecule has 0 radical (unpaired) electrons. The van der Waals surface area contributed by atoms with Gasteiger partial charge in [-0.25, -0.2) is 4.79 Å². The topological polar surface area (TPSA) is 95.9 Å². The first-order valence-electron chi connectivity index (χ1n) is 11.0. The van der Waals surface area contributed by atoms with Gasteiger partial charge >= 0.3 is 12.1 Å². The van der Waals surface area contributed by atoms with Crippen LogP contribution < -0.4 is 5.32 Å². The van der Waals surface area contributed by atoms with Gasteiger partial charge in [-0.1, -0.05) is 55.5 Å². The Bertz CT molecular complexity index is 991. The van der Waals surface area contributed by atoms with Crippen LogP contribution in [0.1, 0.15) is 37.3 Å². The number of hydrogen-bond acceptors (Lipinski definition) is 4. The van der Waals surface area contributed by atoms with Crippen molar-refractivity contribution in [2.45, 2.75) is 32.2 Å². The number of piperidine rings is 1. The molecule has 1 heterocycles. The molecule has 1 saturated heterocycles. The predicted molar refractivity (Wildman–Crippen MR) is 119 cm³/mol. The van der Waals surface area contributed by atoms with Crippen molar-refractivity contribution in [2.75, 3.05) is 19.7 Å². The van der Waals surface area contributed by atoms with E-state index in [4.69, 9.17) is 4.74 Å². The van der Waals surface area contributed by atoms with Gasteiger partial charge in [-0.05, 0) is 41.5 Å². The lowest BCUT2D eigenvalue weighted by molar-refractivity contribution is -0.148. The first kappa shape index (κ1) is 21.9. The number of fused-ring (bicyclic) bond motifs is 3. The highest BCUT2D eigenvalue weighted by Crippen LogP contribution is 2.44. The van der Waals surface area contributed by atoms with E-state index in [-0.39, 0.29) is 30.9 Å². The molecule has 7 heteroatoms. The van der Waals surface area contributed by atoms with Crippen LogP contribution in [0.25, 0.3) is 11.1 Å². The number of carboxylic acids is 1. The Morgan fingerprint density at radius 1 is 1.09 bits per heavy atom. The Morgan fingerprint density at radius 3 is 2.28 bits per heavy atom. The molecule has 7 nitrogen and oxygen atoms in total.